The molecular formula is C15H19N3O2S. The third kappa shape index (κ3) is 4.75. The number of rotatable bonds is 6. The standard InChI is InChI=1S/C15H19N3O2S/c1-10-9-21-15(17-10)11(2)18-14(19)7-8-20-13-5-3-12(16)4-6-13/h3-6,9,11H,7-8,16H2,1-2H3,(H,18,19). The van der Waals surface area contributed by atoms with E-state index < -0.39 is 0 Å². The van der Waals surface area contributed by atoms with Gasteiger partial charge in [0.1, 0.15) is 10.8 Å². The quantitative estimate of drug-likeness (QED) is 0.804. The van der Waals surface area contributed by atoms with Gasteiger partial charge in [0.15, 0.2) is 0 Å². The van der Waals surface area contributed by atoms with Crippen molar-refractivity contribution in [1.82, 2.24) is 10.3 Å². The molecule has 2 rings (SSSR count). The van der Waals surface area contributed by atoms with Crippen molar-refractivity contribution in [2.75, 3.05) is 12.3 Å². The summed E-state index contributed by atoms with van der Waals surface area (Å²) < 4.78 is 5.49. The number of anilines is 1. The van der Waals surface area contributed by atoms with Crippen LogP contribution in [0, 0.1) is 6.92 Å². The number of hydrogen-bond acceptors (Lipinski definition) is 5. The van der Waals surface area contributed by atoms with E-state index in [-0.39, 0.29) is 11.9 Å². The maximum Gasteiger partial charge on any atom is 0.223 e. The lowest BCUT2D eigenvalue weighted by atomic mass is 10.3. The van der Waals surface area contributed by atoms with E-state index in [1.165, 1.54) is 0 Å². The molecule has 112 valence electrons. The van der Waals surface area contributed by atoms with Crippen molar-refractivity contribution in [1.29, 1.82) is 0 Å². The minimum Gasteiger partial charge on any atom is -0.493 e. The van der Waals surface area contributed by atoms with Crippen LogP contribution in [0.4, 0.5) is 5.69 Å². The van der Waals surface area contributed by atoms with Crippen LogP contribution in [0.2, 0.25) is 0 Å². The monoisotopic (exact) mass is 305 g/mol. The highest BCUT2D eigenvalue weighted by molar-refractivity contribution is 7.09. The topological polar surface area (TPSA) is 77.2 Å². The van der Waals surface area contributed by atoms with E-state index in [2.05, 4.69) is 10.3 Å². The first kappa shape index (κ1) is 15.3. The molecule has 1 aromatic carbocycles. The van der Waals surface area contributed by atoms with Crippen molar-refractivity contribution >= 4 is 22.9 Å². The first-order valence-electron chi connectivity index (χ1n) is 6.74. The zero-order valence-electron chi connectivity index (χ0n) is 12.1. The van der Waals surface area contributed by atoms with Crippen LogP contribution in [0.1, 0.15) is 30.1 Å². The number of carbonyl (C=O) groups is 1. The Morgan fingerprint density at radius 3 is 2.76 bits per heavy atom. The van der Waals surface area contributed by atoms with Gasteiger partial charge in [0.2, 0.25) is 5.91 Å². The minimum absolute atomic E-state index is 0.0502. The van der Waals surface area contributed by atoms with Crippen LogP contribution in [-0.2, 0) is 4.79 Å². The van der Waals surface area contributed by atoms with E-state index in [4.69, 9.17) is 10.5 Å². The van der Waals surface area contributed by atoms with Crippen molar-refractivity contribution in [2.24, 2.45) is 0 Å². The summed E-state index contributed by atoms with van der Waals surface area (Å²) in [5.74, 6) is 0.659. The lowest BCUT2D eigenvalue weighted by Crippen LogP contribution is -2.27. The van der Waals surface area contributed by atoms with Gasteiger partial charge in [0, 0.05) is 16.8 Å². The molecule has 0 fully saturated rings. The summed E-state index contributed by atoms with van der Waals surface area (Å²) in [6.07, 6.45) is 0.305. The van der Waals surface area contributed by atoms with Crippen molar-refractivity contribution in [3.8, 4) is 5.75 Å². The molecule has 3 N–H and O–H groups in total. The van der Waals surface area contributed by atoms with Gasteiger partial charge in [-0.15, -0.1) is 11.3 Å². The molecule has 6 heteroatoms. The Hall–Kier alpha value is -2.08. The molecular weight excluding hydrogens is 286 g/mol. The largest absolute Gasteiger partial charge is 0.493 e. The van der Waals surface area contributed by atoms with E-state index in [1.807, 2.05) is 19.2 Å². The molecule has 1 amide bonds. The van der Waals surface area contributed by atoms with Crippen LogP contribution in [0.3, 0.4) is 0 Å². The summed E-state index contributed by atoms with van der Waals surface area (Å²) in [6.45, 7) is 4.20. The lowest BCUT2D eigenvalue weighted by Gasteiger charge is -2.11. The van der Waals surface area contributed by atoms with E-state index in [0.29, 0.717) is 24.5 Å². The molecule has 1 aromatic heterocycles. The maximum absolute atomic E-state index is 11.8. The van der Waals surface area contributed by atoms with Crippen LogP contribution in [0.5, 0.6) is 5.75 Å². The predicted molar refractivity (Wildman–Crippen MR) is 84.4 cm³/mol. The van der Waals surface area contributed by atoms with Gasteiger partial charge < -0.3 is 15.8 Å². The SMILES string of the molecule is Cc1csc(C(C)NC(=O)CCOc2ccc(N)cc2)n1. The number of aryl methyl sites for hydroxylation is 1. The first-order chi connectivity index (χ1) is 10.0. The Morgan fingerprint density at radius 1 is 1.43 bits per heavy atom. The molecule has 1 heterocycles. The second-order valence-corrected chi connectivity index (χ2v) is 5.67. The highest BCUT2D eigenvalue weighted by atomic mass is 32.1. The fraction of sp³-hybridized carbons (Fsp3) is 0.333. The Balaban J connectivity index is 1.73. The van der Waals surface area contributed by atoms with Gasteiger partial charge in [-0.1, -0.05) is 0 Å². The number of nitrogens with zero attached hydrogens (tertiary/aromatic N) is 1. The Bertz CT molecular complexity index is 595. The van der Waals surface area contributed by atoms with E-state index in [1.54, 1.807) is 35.6 Å². The van der Waals surface area contributed by atoms with Gasteiger partial charge in [0.05, 0.1) is 19.1 Å². The van der Waals surface area contributed by atoms with Crippen molar-refractivity contribution in [2.45, 2.75) is 26.3 Å². The van der Waals surface area contributed by atoms with Gasteiger partial charge in [-0.3, -0.25) is 4.79 Å². The molecule has 2 aromatic rings. The number of nitrogens with one attached hydrogen (secondary N) is 1. The fourth-order valence-electron chi connectivity index (χ4n) is 1.77. The molecule has 0 aliphatic rings. The number of thiazole rings is 1. The molecule has 1 unspecified atom stereocenters. The molecule has 0 radical (unpaired) electrons. The molecule has 0 saturated heterocycles. The third-order valence-electron chi connectivity index (χ3n) is 2.86. The molecule has 5 nitrogen and oxygen atoms in total. The van der Waals surface area contributed by atoms with Gasteiger partial charge >= 0.3 is 0 Å². The summed E-state index contributed by atoms with van der Waals surface area (Å²) in [5.41, 5.74) is 7.25. The summed E-state index contributed by atoms with van der Waals surface area (Å²) in [5, 5.41) is 5.81. The molecule has 0 aliphatic carbocycles. The second kappa shape index (κ2) is 7.08. The average Bonchev–Trinajstić information content (AvgIpc) is 2.88. The van der Waals surface area contributed by atoms with Crippen molar-refractivity contribution in [3.05, 3.63) is 40.3 Å². The van der Waals surface area contributed by atoms with E-state index in [0.717, 1.165) is 10.7 Å². The van der Waals surface area contributed by atoms with Crippen LogP contribution >= 0.6 is 11.3 Å². The second-order valence-electron chi connectivity index (χ2n) is 4.78. The Morgan fingerprint density at radius 2 is 2.14 bits per heavy atom. The predicted octanol–water partition coefficient (Wildman–Crippen LogP) is 2.68. The molecule has 0 aliphatic heterocycles. The number of hydrogen-bond donors (Lipinski definition) is 2. The van der Waals surface area contributed by atoms with Crippen LogP contribution in [0.25, 0.3) is 0 Å². The molecule has 21 heavy (non-hydrogen) atoms. The number of amides is 1. The smallest absolute Gasteiger partial charge is 0.223 e. The number of benzene rings is 1. The fourth-order valence-corrected chi connectivity index (χ4v) is 2.58. The highest BCUT2D eigenvalue weighted by Gasteiger charge is 2.12. The number of ether oxygens (including phenoxy) is 1. The zero-order chi connectivity index (χ0) is 15.2. The minimum atomic E-state index is -0.0762. The normalized spacial score (nSPS) is 11.9. The summed E-state index contributed by atoms with van der Waals surface area (Å²) >= 11 is 1.55. The van der Waals surface area contributed by atoms with Gasteiger partial charge in [-0.05, 0) is 38.1 Å². The van der Waals surface area contributed by atoms with Crippen LogP contribution in [-0.4, -0.2) is 17.5 Å². The third-order valence-corrected chi connectivity index (χ3v) is 4.01. The number of nitrogen functional groups attached to an aromatic ring is 1. The van der Waals surface area contributed by atoms with Gasteiger partial charge in [-0.25, -0.2) is 4.98 Å². The van der Waals surface area contributed by atoms with E-state index in [9.17, 15) is 4.79 Å². The number of carbonyl (C=O) groups excluding carboxylic acids is 1. The Kier molecular flexibility index (Phi) is 5.16. The van der Waals surface area contributed by atoms with Crippen molar-refractivity contribution < 1.29 is 9.53 Å². The van der Waals surface area contributed by atoms with Crippen molar-refractivity contribution in [3.63, 3.8) is 0 Å². The van der Waals surface area contributed by atoms with Gasteiger partial charge in [-0.2, -0.15) is 0 Å². The molecule has 1 atom stereocenters. The molecule has 0 spiro atoms. The number of nitrogens with two attached hydrogens (primary N) is 1. The summed E-state index contributed by atoms with van der Waals surface area (Å²) in [4.78, 5) is 16.2. The lowest BCUT2D eigenvalue weighted by molar-refractivity contribution is -0.122. The number of aromatic nitrogens is 1. The van der Waals surface area contributed by atoms with Gasteiger partial charge in [0.25, 0.3) is 0 Å². The molecule has 0 bridgehead atoms. The van der Waals surface area contributed by atoms with Crippen LogP contribution < -0.4 is 15.8 Å². The zero-order valence-corrected chi connectivity index (χ0v) is 12.9. The highest BCUT2D eigenvalue weighted by Crippen LogP contribution is 2.17. The van der Waals surface area contributed by atoms with Crippen LogP contribution in [0.15, 0.2) is 29.6 Å². The molecule has 0 saturated carbocycles. The summed E-state index contributed by atoms with van der Waals surface area (Å²) in [7, 11) is 0. The Labute approximate surface area is 128 Å². The van der Waals surface area contributed by atoms with E-state index >= 15 is 0 Å². The maximum atomic E-state index is 11.8. The average molecular weight is 305 g/mol. The first-order valence-corrected chi connectivity index (χ1v) is 7.62. The summed E-state index contributed by atoms with van der Waals surface area (Å²) in [6, 6.07) is 7.03.